The van der Waals surface area contributed by atoms with Crippen molar-refractivity contribution >= 4 is 5.91 Å². The number of nitrogens with zero attached hydrogens (tertiary/aromatic N) is 3. The van der Waals surface area contributed by atoms with Crippen molar-refractivity contribution < 1.29 is 9.21 Å². The number of furan rings is 1. The molecule has 104 valence electrons. The number of likely N-dealkylation sites (N-methyl/N-ethyl adjacent to an activating group) is 1. The molecule has 0 aromatic carbocycles. The summed E-state index contributed by atoms with van der Waals surface area (Å²) in [5, 5.41) is 0. The zero-order valence-electron chi connectivity index (χ0n) is 11.5. The topological polar surface area (TPSA) is 49.6 Å². The molecule has 2 aromatic heterocycles. The molecule has 0 atom stereocenters. The predicted molar refractivity (Wildman–Crippen MR) is 75.3 cm³/mol. The van der Waals surface area contributed by atoms with Gasteiger partial charge in [0.2, 0.25) is 0 Å². The van der Waals surface area contributed by atoms with E-state index in [2.05, 4.69) is 16.9 Å². The minimum atomic E-state index is 0.0743. The average Bonchev–Trinajstić information content (AvgIpc) is 3.02. The van der Waals surface area contributed by atoms with Crippen LogP contribution < -0.4 is 0 Å². The van der Waals surface area contributed by atoms with Crippen molar-refractivity contribution in [2.24, 2.45) is 0 Å². The minimum Gasteiger partial charge on any atom is -0.472 e. The van der Waals surface area contributed by atoms with Gasteiger partial charge in [0.1, 0.15) is 0 Å². The van der Waals surface area contributed by atoms with Gasteiger partial charge < -0.3 is 14.2 Å². The molecule has 3 heterocycles. The highest BCUT2D eigenvalue weighted by molar-refractivity contribution is 5.95. The summed E-state index contributed by atoms with van der Waals surface area (Å²) in [5.41, 5.74) is 2.33. The Morgan fingerprint density at radius 3 is 2.75 bits per heavy atom. The molecule has 0 aliphatic carbocycles. The van der Waals surface area contributed by atoms with Gasteiger partial charge in [-0.2, -0.15) is 0 Å². The highest BCUT2D eigenvalue weighted by atomic mass is 16.3. The van der Waals surface area contributed by atoms with Crippen molar-refractivity contribution in [1.29, 1.82) is 0 Å². The molecule has 1 amide bonds. The van der Waals surface area contributed by atoms with E-state index in [0.29, 0.717) is 5.56 Å². The Balaban J connectivity index is 1.80. The summed E-state index contributed by atoms with van der Waals surface area (Å²) in [7, 11) is 2.07. The van der Waals surface area contributed by atoms with E-state index in [1.165, 1.54) is 0 Å². The second-order valence-corrected chi connectivity index (χ2v) is 5.04. The van der Waals surface area contributed by atoms with Gasteiger partial charge in [0.15, 0.2) is 0 Å². The molecule has 3 rings (SSSR count). The number of hydrogen-bond donors (Lipinski definition) is 0. The summed E-state index contributed by atoms with van der Waals surface area (Å²) >= 11 is 0. The summed E-state index contributed by atoms with van der Waals surface area (Å²) in [6.45, 7) is 3.40. The zero-order valence-corrected chi connectivity index (χ0v) is 11.5. The lowest BCUT2D eigenvalue weighted by Crippen LogP contribution is -2.47. The van der Waals surface area contributed by atoms with Crippen LogP contribution in [-0.4, -0.2) is 53.9 Å². The Bertz CT molecular complexity index is 587. The smallest absolute Gasteiger partial charge is 0.254 e. The highest BCUT2D eigenvalue weighted by Crippen LogP contribution is 2.19. The lowest BCUT2D eigenvalue weighted by atomic mass is 10.1. The third kappa shape index (κ3) is 2.58. The SMILES string of the molecule is CN1CCN(C(=O)c2ccnc(-c3ccoc3)c2)CC1. The number of carbonyl (C=O) groups excluding carboxylic acids is 1. The zero-order chi connectivity index (χ0) is 13.9. The Hall–Kier alpha value is -2.14. The standard InChI is InChI=1S/C15H17N3O2/c1-17-5-7-18(8-6-17)15(19)12-2-4-16-14(10-12)13-3-9-20-11-13/h2-4,9-11H,5-8H2,1H3. The largest absolute Gasteiger partial charge is 0.472 e. The molecule has 1 fully saturated rings. The summed E-state index contributed by atoms with van der Waals surface area (Å²) in [6, 6.07) is 5.43. The molecule has 0 spiro atoms. The maximum Gasteiger partial charge on any atom is 0.254 e. The number of rotatable bonds is 2. The van der Waals surface area contributed by atoms with Gasteiger partial charge >= 0.3 is 0 Å². The van der Waals surface area contributed by atoms with E-state index in [4.69, 9.17) is 4.42 Å². The van der Waals surface area contributed by atoms with Crippen molar-refractivity contribution in [3.8, 4) is 11.3 Å². The molecule has 0 unspecified atom stereocenters. The fraction of sp³-hybridized carbons (Fsp3) is 0.333. The van der Waals surface area contributed by atoms with Crippen molar-refractivity contribution in [3.05, 3.63) is 42.5 Å². The van der Waals surface area contributed by atoms with E-state index in [0.717, 1.165) is 37.4 Å². The highest BCUT2D eigenvalue weighted by Gasteiger charge is 2.20. The van der Waals surface area contributed by atoms with E-state index in [1.807, 2.05) is 17.0 Å². The third-order valence-electron chi connectivity index (χ3n) is 3.61. The molecule has 1 saturated heterocycles. The normalized spacial score (nSPS) is 16.4. The first-order valence-corrected chi connectivity index (χ1v) is 6.70. The molecule has 20 heavy (non-hydrogen) atoms. The van der Waals surface area contributed by atoms with Gasteiger partial charge in [0.05, 0.1) is 18.2 Å². The van der Waals surface area contributed by atoms with Gasteiger partial charge in [-0.15, -0.1) is 0 Å². The lowest BCUT2D eigenvalue weighted by molar-refractivity contribution is 0.0664. The summed E-state index contributed by atoms with van der Waals surface area (Å²) in [6.07, 6.45) is 4.91. The van der Waals surface area contributed by atoms with Crippen LogP contribution in [0.5, 0.6) is 0 Å². The number of piperazine rings is 1. The molecular formula is C15H17N3O2. The fourth-order valence-electron chi connectivity index (χ4n) is 2.32. The first-order chi connectivity index (χ1) is 9.74. The van der Waals surface area contributed by atoms with E-state index >= 15 is 0 Å². The third-order valence-corrected chi connectivity index (χ3v) is 3.61. The van der Waals surface area contributed by atoms with Gasteiger partial charge in [-0.3, -0.25) is 9.78 Å². The van der Waals surface area contributed by atoms with Crippen LogP contribution in [0.4, 0.5) is 0 Å². The molecule has 0 saturated carbocycles. The Morgan fingerprint density at radius 1 is 1.25 bits per heavy atom. The Morgan fingerprint density at radius 2 is 2.05 bits per heavy atom. The van der Waals surface area contributed by atoms with Gasteiger partial charge in [0, 0.05) is 43.5 Å². The van der Waals surface area contributed by atoms with Crippen molar-refractivity contribution in [1.82, 2.24) is 14.8 Å². The number of pyridine rings is 1. The van der Waals surface area contributed by atoms with Crippen LogP contribution >= 0.6 is 0 Å². The van der Waals surface area contributed by atoms with Crippen molar-refractivity contribution in [2.45, 2.75) is 0 Å². The summed E-state index contributed by atoms with van der Waals surface area (Å²) < 4.78 is 5.06. The van der Waals surface area contributed by atoms with Crippen LogP contribution in [-0.2, 0) is 0 Å². The van der Waals surface area contributed by atoms with Gasteiger partial charge in [-0.05, 0) is 25.2 Å². The van der Waals surface area contributed by atoms with E-state index in [-0.39, 0.29) is 5.91 Å². The van der Waals surface area contributed by atoms with Crippen LogP contribution in [0, 0.1) is 0 Å². The van der Waals surface area contributed by atoms with Gasteiger partial charge in [-0.25, -0.2) is 0 Å². The maximum atomic E-state index is 12.5. The molecule has 1 aliphatic heterocycles. The Kier molecular flexibility index (Phi) is 3.52. The number of carbonyl (C=O) groups is 1. The number of aromatic nitrogens is 1. The average molecular weight is 271 g/mol. The minimum absolute atomic E-state index is 0.0743. The monoisotopic (exact) mass is 271 g/mol. The molecule has 5 heteroatoms. The molecule has 1 aliphatic rings. The molecular weight excluding hydrogens is 254 g/mol. The lowest BCUT2D eigenvalue weighted by Gasteiger charge is -2.32. The van der Waals surface area contributed by atoms with Gasteiger partial charge in [-0.1, -0.05) is 0 Å². The molecule has 0 bridgehead atoms. The predicted octanol–water partition coefficient (Wildman–Crippen LogP) is 1.73. The quantitative estimate of drug-likeness (QED) is 0.834. The van der Waals surface area contributed by atoms with E-state index < -0.39 is 0 Å². The molecule has 0 N–H and O–H groups in total. The fourth-order valence-corrected chi connectivity index (χ4v) is 2.32. The van der Waals surface area contributed by atoms with Crippen LogP contribution in [0.25, 0.3) is 11.3 Å². The van der Waals surface area contributed by atoms with Crippen LogP contribution in [0.2, 0.25) is 0 Å². The van der Waals surface area contributed by atoms with Crippen molar-refractivity contribution in [2.75, 3.05) is 33.2 Å². The van der Waals surface area contributed by atoms with E-state index in [1.54, 1.807) is 24.8 Å². The van der Waals surface area contributed by atoms with Crippen LogP contribution in [0.3, 0.4) is 0 Å². The van der Waals surface area contributed by atoms with Gasteiger partial charge in [0.25, 0.3) is 5.91 Å². The number of hydrogen-bond acceptors (Lipinski definition) is 4. The van der Waals surface area contributed by atoms with Crippen LogP contribution in [0.1, 0.15) is 10.4 Å². The molecule has 0 radical (unpaired) electrons. The first kappa shape index (κ1) is 12.9. The summed E-state index contributed by atoms with van der Waals surface area (Å²) in [4.78, 5) is 20.9. The first-order valence-electron chi connectivity index (χ1n) is 6.70. The van der Waals surface area contributed by atoms with Crippen LogP contribution in [0.15, 0.2) is 41.3 Å². The molecule has 2 aromatic rings. The number of amides is 1. The van der Waals surface area contributed by atoms with Crippen molar-refractivity contribution in [3.63, 3.8) is 0 Å². The van der Waals surface area contributed by atoms with E-state index in [9.17, 15) is 4.79 Å². The Labute approximate surface area is 117 Å². The summed E-state index contributed by atoms with van der Waals surface area (Å²) in [5.74, 6) is 0.0743. The second kappa shape index (κ2) is 5.46. The second-order valence-electron chi connectivity index (χ2n) is 5.04. The maximum absolute atomic E-state index is 12.5. The molecule has 5 nitrogen and oxygen atoms in total.